The van der Waals surface area contributed by atoms with Crippen LogP contribution < -0.4 is 10.6 Å². The van der Waals surface area contributed by atoms with Gasteiger partial charge in [0.15, 0.2) is 5.96 Å². The summed E-state index contributed by atoms with van der Waals surface area (Å²) in [6.45, 7) is 11.6. The Labute approximate surface area is 155 Å². The Bertz CT molecular complexity index is 429. The van der Waals surface area contributed by atoms with Gasteiger partial charge in [-0.25, -0.2) is 4.98 Å². The van der Waals surface area contributed by atoms with Crippen LogP contribution in [-0.4, -0.2) is 44.3 Å². The van der Waals surface area contributed by atoms with Gasteiger partial charge in [-0.2, -0.15) is 0 Å². The summed E-state index contributed by atoms with van der Waals surface area (Å²) in [6.07, 6.45) is 0.921. The van der Waals surface area contributed by atoms with Crippen LogP contribution in [0.15, 0.2) is 4.99 Å². The molecule has 0 aliphatic rings. The maximum Gasteiger partial charge on any atom is 0.191 e. The average molecular weight is 440 g/mol. The molecule has 0 saturated heterocycles. The maximum absolute atomic E-state index is 5.53. The summed E-state index contributed by atoms with van der Waals surface area (Å²) in [5.74, 6) is 1.39. The molecule has 1 rings (SSSR count). The first-order valence-electron chi connectivity index (χ1n) is 7.48. The van der Waals surface area contributed by atoms with Gasteiger partial charge >= 0.3 is 0 Å². The first-order valence-corrected chi connectivity index (χ1v) is 8.29. The molecule has 0 unspecified atom stereocenters. The van der Waals surface area contributed by atoms with Gasteiger partial charge in [0.2, 0.25) is 0 Å². The third kappa shape index (κ3) is 8.89. The standard InChI is InChI=1S/C15H28N4OS.HI/c1-11(2)10-20-9-8-18-15(16-5)17-7-6-14-19-12(3)13(4)21-14;/h11H,6-10H2,1-5H3,(H2,16,17,18);1H. The summed E-state index contributed by atoms with van der Waals surface area (Å²) >= 11 is 1.77. The second-order valence-corrected chi connectivity index (χ2v) is 6.68. The Kier molecular flexibility index (Phi) is 11.8. The first kappa shape index (κ1) is 21.6. The van der Waals surface area contributed by atoms with Gasteiger partial charge in [0.05, 0.1) is 17.3 Å². The molecule has 0 saturated carbocycles. The third-order valence-corrected chi connectivity index (χ3v) is 4.05. The molecule has 0 aliphatic carbocycles. The van der Waals surface area contributed by atoms with Crippen LogP contribution in [0.2, 0.25) is 0 Å². The van der Waals surface area contributed by atoms with Gasteiger partial charge in [-0.1, -0.05) is 13.8 Å². The molecule has 7 heteroatoms. The molecule has 5 nitrogen and oxygen atoms in total. The highest BCUT2D eigenvalue weighted by Crippen LogP contribution is 2.16. The highest BCUT2D eigenvalue weighted by Gasteiger charge is 2.04. The fraction of sp³-hybridized carbons (Fsp3) is 0.733. The van der Waals surface area contributed by atoms with Crippen LogP contribution in [0.5, 0.6) is 0 Å². The van der Waals surface area contributed by atoms with E-state index in [0.29, 0.717) is 12.5 Å². The smallest absolute Gasteiger partial charge is 0.191 e. The minimum Gasteiger partial charge on any atom is -0.379 e. The van der Waals surface area contributed by atoms with E-state index in [0.717, 1.165) is 37.8 Å². The van der Waals surface area contributed by atoms with Gasteiger partial charge in [-0.3, -0.25) is 4.99 Å². The molecule has 2 N–H and O–H groups in total. The molecule has 1 aromatic heterocycles. The number of aryl methyl sites for hydroxylation is 2. The van der Waals surface area contributed by atoms with E-state index in [1.165, 1.54) is 9.88 Å². The van der Waals surface area contributed by atoms with Crippen LogP contribution in [0.4, 0.5) is 0 Å². The van der Waals surface area contributed by atoms with Crippen LogP contribution in [-0.2, 0) is 11.2 Å². The SMILES string of the molecule is CN=C(NCCOCC(C)C)NCCc1nc(C)c(C)s1.I. The third-order valence-electron chi connectivity index (χ3n) is 2.92. The van der Waals surface area contributed by atoms with Crippen molar-refractivity contribution in [1.29, 1.82) is 0 Å². The lowest BCUT2D eigenvalue weighted by Gasteiger charge is -2.12. The minimum atomic E-state index is 0. The molecule has 128 valence electrons. The van der Waals surface area contributed by atoms with Crippen molar-refractivity contribution < 1.29 is 4.74 Å². The summed E-state index contributed by atoms with van der Waals surface area (Å²) in [5, 5.41) is 7.71. The number of ether oxygens (including phenoxy) is 1. The van der Waals surface area contributed by atoms with Crippen molar-refractivity contribution in [3.63, 3.8) is 0 Å². The van der Waals surface area contributed by atoms with Gasteiger partial charge in [0.25, 0.3) is 0 Å². The number of thiazole rings is 1. The summed E-state index contributed by atoms with van der Waals surface area (Å²) < 4.78 is 5.53. The maximum atomic E-state index is 5.53. The number of nitrogens with zero attached hydrogens (tertiary/aromatic N) is 2. The van der Waals surface area contributed by atoms with Crippen LogP contribution in [0.3, 0.4) is 0 Å². The van der Waals surface area contributed by atoms with E-state index in [9.17, 15) is 0 Å². The number of guanidine groups is 1. The Morgan fingerprint density at radius 3 is 2.50 bits per heavy atom. The van der Waals surface area contributed by atoms with Crippen LogP contribution in [0.1, 0.15) is 29.4 Å². The van der Waals surface area contributed by atoms with E-state index < -0.39 is 0 Å². The van der Waals surface area contributed by atoms with Crippen molar-refractivity contribution in [3.8, 4) is 0 Å². The Balaban J connectivity index is 0.00000441. The van der Waals surface area contributed by atoms with Crippen molar-refractivity contribution in [2.45, 2.75) is 34.1 Å². The largest absolute Gasteiger partial charge is 0.379 e. The Morgan fingerprint density at radius 1 is 1.27 bits per heavy atom. The second-order valence-electron chi connectivity index (χ2n) is 5.39. The number of aliphatic imine (C=N–C) groups is 1. The highest BCUT2D eigenvalue weighted by molar-refractivity contribution is 14.0. The van der Waals surface area contributed by atoms with Gasteiger partial charge in [0.1, 0.15) is 0 Å². The van der Waals surface area contributed by atoms with Gasteiger partial charge in [0, 0.05) is 38.0 Å². The highest BCUT2D eigenvalue weighted by atomic mass is 127. The lowest BCUT2D eigenvalue weighted by atomic mass is 10.2. The predicted octanol–water partition coefficient (Wildman–Crippen LogP) is 2.76. The quantitative estimate of drug-likeness (QED) is 0.283. The van der Waals surface area contributed by atoms with Crippen LogP contribution >= 0.6 is 35.3 Å². The molecular formula is C15H29IN4OS. The van der Waals surface area contributed by atoms with Crippen molar-refractivity contribution >= 4 is 41.3 Å². The lowest BCUT2D eigenvalue weighted by Crippen LogP contribution is -2.39. The topological polar surface area (TPSA) is 58.5 Å². The normalized spacial score (nSPS) is 11.5. The number of hydrogen-bond acceptors (Lipinski definition) is 4. The number of nitrogens with one attached hydrogen (secondary N) is 2. The molecule has 0 aliphatic heterocycles. The molecule has 1 aromatic rings. The summed E-state index contributed by atoms with van der Waals surface area (Å²) in [6, 6.07) is 0. The van der Waals surface area contributed by atoms with Gasteiger partial charge in [-0.15, -0.1) is 35.3 Å². The van der Waals surface area contributed by atoms with Crippen molar-refractivity contribution in [3.05, 3.63) is 15.6 Å². The molecule has 1 heterocycles. The fourth-order valence-corrected chi connectivity index (χ4v) is 2.65. The predicted molar refractivity (Wildman–Crippen MR) is 106 cm³/mol. The van der Waals surface area contributed by atoms with E-state index in [2.05, 4.69) is 48.3 Å². The number of halogens is 1. The lowest BCUT2D eigenvalue weighted by molar-refractivity contribution is 0.114. The van der Waals surface area contributed by atoms with Crippen molar-refractivity contribution in [2.24, 2.45) is 10.9 Å². The van der Waals surface area contributed by atoms with E-state index >= 15 is 0 Å². The van der Waals surface area contributed by atoms with E-state index in [1.807, 2.05) is 0 Å². The van der Waals surface area contributed by atoms with E-state index in [4.69, 9.17) is 4.74 Å². The molecular weight excluding hydrogens is 411 g/mol. The molecule has 0 spiro atoms. The molecule has 0 radical (unpaired) electrons. The average Bonchev–Trinajstić information content (AvgIpc) is 2.75. The molecule has 0 aromatic carbocycles. The number of rotatable bonds is 8. The summed E-state index contributed by atoms with van der Waals surface area (Å²) in [4.78, 5) is 10.0. The molecule has 0 fully saturated rings. The van der Waals surface area contributed by atoms with Crippen molar-refractivity contribution in [1.82, 2.24) is 15.6 Å². The zero-order chi connectivity index (χ0) is 15.7. The van der Waals surface area contributed by atoms with E-state index in [1.54, 1.807) is 18.4 Å². The molecule has 0 atom stereocenters. The fourth-order valence-electron chi connectivity index (χ4n) is 1.72. The van der Waals surface area contributed by atoms with Gasteiger partial charge < -0.3 is 15.4 Å². The minimum absolute atomic E-state index is 0. The molecule has 0 bridgehead atoms. The monoisotopic (exact) mass is 440 g/mol. The number of hydrogen-bond donors (Lipinski definition) is 2. The molecule has 22 heavy (non-hydrogen) atoms. The summed E-state index contributed by atoms with van der Waals surface area (Å²) in [5.41, 5.74) is 1.14. The van der Waals surface area contributed by atoms with Gasteiger partial charge in [-0.05, 0) is 19.8 Å². The first-order chi connectivity index (χ1) is 10.0. The Hall–Kier alpha value is -0.410. The molecule has 0 amide bonds. The summed E-state index contributed by atoms with van der Waals surface area (Å²) in [7, 11) is 1.78. The van der Waals surface area contributed by atoms with Crippen molar-refractivity contribution in [2.75, 3.05) is 33.4 Å². The van der Waals surface area contributed by atoms with Crippen LogP contribution in [0.25, 0.3) is 0 Å². The van der Waals surface area contributed by atoms with E-state index in [-0.39, 0.29) is 24.0 Å². The Morgan fingerprint density at radius 2 is 1.95 bits per heavy atom. The number of aromatic nitrogens is 1. The second kappa shape index (κ2) is 12.1. The van der Waals surface area contributed by atoms with Crippen LogP contribution in [0, 0.1) is 19.8 Å². The zero-order valence-electron chi connectivity index (χ0n) is 14.2. The zero-order valence-corrected chi connectivity index (χ0v) is 17.4.